The molecule has 73 heavy (non-hydrogen) atoms. The average Bonchev–Trinajstić information content (AvgIpc) is 4.17. The number of ketones is 1. The molecule has 2 heterocycles. The second kappa shape index (κ2) is 39.6. The van der Waals surface area contributed by atoms with Gasteiger partial charge in [0, 0.05) is 42.4 Å². The Morgan fingerprint density at radius 1 is 0.507 bits per heavy atom. The van der Waals surface area contributed by atoms with Crippen molar-refractivity contribution in [3.05, 3.63) is 152 Å². The molecular weight excluding hydrogens is 957 g/mol. The normalized spacial score (nSPS) is 10.8. The Balaban J connectivity index is 0.000000258. The van der Waals surface area contributed by atoms with Crippen molar-refractivity contribution in [3.63, 3.8) is 0 Å². The molecule has 0 aliphatic rings. The van der Waals surface area contributed by atoms with Gasteiger partial charge in [-0.15, -0.1) is 22.7 Å². The van der Waals surface area contributed by atoms with Crippen molar-refractivity contribution in [3.8, 4) is 23.0 Å². The minimum atomic E-state index is -0.407. The van der Waals surface area contributed by atoms with E-state index in [1.54, 1.807) is 12.4 Å². The van der Waals surface area contributed by atoms with E-state index in [2.05, 4.69) is 58.5 Å². The van der Waals surface area contributed by atoms with E-state index in [4.69, 9.17) is 23.7 Å². The smallest absolute Gasteiger partial charge is 0.305 e. The van der Waals surface area contributed by atoms with Crippen LogP contribution in [-0.2, 0) is 40.0 Å². The number of aryl methyl sites for hydroxylation is 4. The maximum absolute atomic E-state index is 11.8. The zero-order valence-electron chi connectivity index (χ0n) is 44.0. The van der Waals surface area contributed by atoms with E-state index >= 15 is 0 Å². The third-order valence-electron chi connectivity index (χ3n) is 11.1. The fraction of sp³-hybridized carbons (Fsp3) is 0.450. The van der Waals surface area contributed by atoms with Gasteiger partial charge in [0.05, 0.1) is 33.0 Å². The summed E-state index contributed by atoms with van der Waals surface area (Å²) in [7, 11) is 0. The van der Waals surface area contributed by atoms with Crippen LogP contribution in [-0.4, -0.2) is 66.1 Å². The molecule has 0 amide bonds. The highest BCUT2D eigenvalue weighted by Gasteiger charge is 2.10. The van der Waals surface area contributed by atoms with Crippen LogP contribution in [0.2, 0.25) is 0 Å². The molecule has 0 bridgehead atoms. The van der Waals surface area contributed by atoms with Crippen molar-refractivity contribution in [2.75, 3.05) is 33.0 Å². The Kier molecular flexibility index (Phi) is 33.3. The van der Waals surface area contributed by atoms with E-state index in [0.29, 0.717) is 57.3 Å². The van der Waals surface area contributed by atoms with Gasteiger partial charge < -0.3 is 33.6 Å². The average molecular weight is 1040 g/mol. The molecule has 0 fully saturated rings. The number of ether oxygens (including phenoxy) is 5. The largest absolute Gasteiger partial charge is 0.494 e. The van der Waals surface area contributed by atoms with Gasteiger partial charge in [-0.25, -0.2) is 9.97 Å². The number of hydrogen-bond donors (Lipinski definition) is 1. The number of unbranched alkanes of at least 4 members (excludes halogenated alkanes) is 5. The molecule has 396 valence electrons. The van der Waals surface area contributed by atoms with Gasteiger partial charge in [-0.2, -0.15) is 0 Å². The molecule has 6 rings (SSSR count). The summed E-state index contributed by atoms with van der Waals surface area (Å²) in [5, 5.41) is 15.1. The van der Waals surface area contributed by atoms with Crippen molar-refractivity contribution in [1.29, 1.82) is 0 Å². The number of carbonyl (C=O) groups excluding carboxylic acids is 3. The number of thiazole rings is 2. The van der Waals surface area contributed by atoms with Crippen LogP contribution in [0.15, 0.2) is 120 Å². The molecule has 0 saturated heterocycles. The van der Waals surface area contributed by atoms with E-state index in [-0.39, 0.29) is 11.8 Å². The predicted octanol–water partition coefficient (Wildman–Crippen LogP) is 14.5. The van der Waals surface area contributed by atoms with E-state index in [1.807, 2.05) is 93.9 Å². The summed E-state index contributed by atoms with van der Waals surface area (Å²) in [5.41, 5.74) is 5.19. The van der Waals surface area contributed by atoms with E-state index in [1.165, 1.54) is 44.9 Å². The molecule has 6 aromatic rings. The van der Waals surface area contributed by atoms with Crippen LogP contribution >= 0.6 is 22.7 Å². The van der Waals surface area contributed by atoms with Crippen LogP contribution in [0.3, 0.4) is 0 Å². The second-order valence-corrected chi connectivity index (χ2v) is 18.7. The fourth-order valence-electron chi connectivity index (χ4n) is 7.34. The molecular formula is C60H80N2O9S2. The number of aliphatic hydroxyl groups excluding tert-OH is 1. The Morgan fingerprint density at radius 3 is 1.27 bits per heavy atom. The predicted molar refractivity (Wildman–Crippen MR) is 297 cm³/mol. The third kappa shape index (κ3) is 28.2. The minimum Gasteiger partial charge on any atom is -0.494 e. The molecule has 2 aromatic heterocycles. The van der Waals surface area contributed by atoms with Crippen LogP contribution in [0.1, 0.15) is 155 Å². The lowest BCUT2D eigenvalue weighted by atomic mass is 10.1. The number of nitrogens with zero attached hydrogens (tertiary/aromatic N) is 2. The van der Waals surface area contributed by atoms with E-state index < -0.39 is 6.10 Å². The van der Waals surface area contributed by atoms with Crippen molar-refractivity contribution < 1.29 is 43.2 Å². The molecule has 1 atom stereocenters. The monoisotopic (exact) mass is 1040 g/mol. The molecule has 11 nitrogen and oxygen atoms in total. The summed E-state index contributed by atoms with van der Waals surface area (Å²) in [6.07, 6.45) is 18.6. The molecule has 4 aromatic carbocycles. The highest BCUT2D eigenvalue weighted by molar-refractivity contribution is 7.11. The molecule has 0 radical (unpaired) electrons. The lowest BCUT2D eigenvalue weighted by molar-refractivity contribution is -0.143. The quantitative estimate of drug-likeness (QED) is 0.0192. The first kappa shape index (κ1) is 61.4. The van der Waals surface area contributed by atoms with Gasteiger partial charge in [0.1, 0.15) is 40.4 Å². The number of hydrogen-bond acceptors (Lipinski definition) is 13. The van der Waals surface area contributed by atoms with Gasteiger partial charge in [-0.1, -0.05) is 55.0 Å². The van der Waals surface area contributed by atoms with Gasteiger partial charge in [-0.05, 0) is 182 Å². The SMILES string of the molecule is CCOC(=O)CCCCc1ccc(OCC)cc1.CCOc1ccc(CCCCC(=O)c2nccs2)cc1.CCOc1ccc(CCCCC(O)c2nccs2)cc1.CCOc1ccc(CCCCC=O)cc1. The molecule has 0 saturated carbocycles. The first-order valence-electron chi connectivity index (χ1n) is 26.2. The standard InChI is InChI=1S/C16H21NO2S.C16H19NO2S.C15H22O3.C13H18O2/c2*1-2-19-14-9-7-13(8-10-14)5-3-4-6-15(18)16-17-11-12-20-16;1-3-17-14-11-9-13(10-12-14)7-5-6-8-15(16)18-4-2;1-2-15-13-9-7-12(8-10-13)6-4-3-5-11-14/h7-12,15,18H,2-6H2,1H3;7-12H,2-6H2,1H3;9-12H,3-8H2,1-2H3;7-11H,2-6H2,1H3. The first-order chi connectivity index (χ1) is 35.7. The zero-order valence-corrected chi connectivity index (χ0v) is 45.6. The molecule has 0 aliphatic heterocycles. The van der Waals surface area contributed by atoms with Crippen LogP contribution < -0.4 is 18.9 Å². The summed E-state index contributed by atoms with van der Waals surface area (Å²) >= 11 is 2.93. The molecule has 0 aliphatic carbocycles. The lowest BCUT2D eigenvalue weighted by Crippen LogP contribution is -2.03. The second-order valence-electron chi connectivity index (χ2n) is 16.8. The molecule has 13 heteroatoms. The fourth-order valence-corrected chi connectivity index (χ4v) is 8.60. The highest BCUT2D eigenvalue weighted by atomic mass is 32.1. The number of aldehydes is 1. The maximum atomic E-state index is 11.8. The van der Waals surface area contributed by atoms with Crippen molar-refractivity contribution in [1.82, 2.24) is 9.97 Å². The molecule has 0 spiro atoms. The molecule has 1 unspecified atom stereocenters. The van der Waals surface area contributed by atoms with Gasteiger partial charge >= 0.3 is 5.97 Å². The van der Waals surface area contributed by atoms with Gasteiger partial charge in [0.25, 0.3) is 0 Å². The van der Waals surface area contributed by atoms with Crippen LogP contribution in [0.4, 0.5) is 0 Å². The van der Waals surface area contributed by atoms with Gasteiger partial charge in [0.2, 0.25) is 0 Å². The van der Waals surface area contributed by atoms with Crippen LogP contribution in [0, 0.1) is 0 Å². The summed E-state index contributed by atoms with van der Waals surface area (Å²) in [6.45, 7) is 13.0. The first-order valence-corrected chi connectivity index (χ1v) is 27.9. The van der Waals surface area contributed by atoms with Gasteiger partial charge in [0.15, 0.2) is 10.8 Å². The van der Waals surface area contributed by atoms with Crippen LogP contribution in [0.25, 0.3) is 0 Å². The number of esters is 1. The number of aliphatic hydroxyl groups is 1. The lowest BCUT2D eigenvalue weighted by Gasteiger charge is -2.08. The van der Waals surface area contributed by atoms with E-state index in [9.17, 15) is 19.5 Å². The number of carbonyl (C=O) groups is 3. The Hall–Kier alpha value is -5.89. The van der Waals surface area contributed by atoms with Crippen molar-refractivity contribution >= 4 is 40.7 Å². The Morgan fingerprint density at radius 2 is 0.904 bits per heavy atom. The van der Waals surface area contributed by atoms with Crippen molar-refractivity contribution in [2.24, 2.45) is 0 Å². The van der Waals surface area contributed by atoms with Crippen molar-refractivity contribution in [2.45, 2.75) is 143 Å². The Labute approximate surface area is 443 Å². The van der Waals surface area contributed by atoms with Gasteiger partial charge in [-0.3, -0.25) is 9.59 Å². The highest BCUT2D eigenvalue weighted by Crippen LogP contribution is 2.23. The summed E-state index contributed by atoms with van der Waals surface area (Å²) in [5.74, 6) is 3.74. The summed E-state index contributed by atoms with van der Waals surface area (Å²) in [6, 6.07) is 32.8. The molecule has 1 N–H and O–H groups in total. The van der Waals surface area contributed by atoms with Crippen LogP contribution in [0.5, 0.6) is 23.0 Å². The van der Waals surface area contributed by atoms with E-state index in [0.717, 1.165) is 118 Å². The zero-order chi connectivity index (χ0) is 52.6. The topological polar surface area (TPSA) is 143 Å². The maximum Gasteiger partial charge on any atom is 0.305 e. The number of aromatic nitrogens is 2. The number of benzene rings is 4. The minimum absolute atomic E-state index is 0.0933. The third-order valence-corrected chi connectivity index (χ3v) is 12.8. The summed E-state index contributed by atoms with van der Waals surface area (Å²) in [4.78, 5) is 41.2. The Bertz CT molecular complexity index is 2270. The number of rotatable bonds is 31. The summed E-state index contributed by atoms with van der Waals surface area (Å²) < 4.78 is 26.5. The number of Topliss-reactive ketones (excluding diaryl/α,β-unsaturated/α-hetero) is 1.